The van der Waals surface area contributed by atoms with Crippen LogP contribution in [0.5, 0.6) is 5.75 Å². The van der Waals surface area contributed by atoms with Gasteiger partial charge in [-0.3, -0.25) is 0 Å². The van der Waals surface area contributed by atoms with Gasteiger partial charge in [0.1, 0.15) is 5.75 Å². The number of amides is 1. The molecule has 1 rings (SSSR count). The molecule has 0 aliphatic heterocycles. The summed E-state index contributed by atoms with van der Waals surface area (Å²) in [6.45, 7) is 1.92. The van der Waals surface area contributed by atoms with Gasteiger partial charge in [-0.1, -0.05) is 18.2 Å². The molecule has 17 heavy (non-hydrogen) atoms. The van der Waals surface area contributed by atoms with Crippen molar-refractivity contribution in [1.29, 1.82) is 0 Å². The zero-order chi connectivity index (χ0) is 12.3. The maximum Gasteiger partial charge on any atom is 0.412 e. The van der Waals surface area contributed by atoms with Crippen molar-refractivity contribution in [2.24, 2.45) is 0 Å². The predicted octanol–water partition coefficient (Wildman–Crippen LogP) is 1.44. The topological polar surface area (TPSA) is 56.8 Å². The Morgan fingerprint density at radius 1 is 1.18 bits per heavy atom. The molecule has 94 valence electrons. The number of hydrogen-bond acceptors (Lipinski definition) is 4. The van der Waals surface area contributed by atoms with E-state index in [0.29, 0.717) is 32.1 Å². The summed E-state index contributed by atoms with van der Waals surface area (Å²) in [5.41, 5.74) is 0. The first-order valence-electron chi connectivity index (χ1n) is 5.40. The van der Waals surface area contributed by atoms with Crippen molar-refractivity contribution in [2.45, 2.75) is 0 Å². The Kier molecular flexibility index (Phi) is 6.78. The van der Waals surface area contributed by atoms with Gasteiger partial charge in [-0.2, -0.15) is 0 Å². The molecule has 1 N–H and O–H groups in total. The Morgan fingerprint density at radius 2 is 1.94 bits per heavy atom. The van der Waals surface area contributed by atoms with E-state index in [0.717, 1.165) is 0 Å². The molecule has 1 aromatic carbocycles. The van der Waals surface area contributed by atoms with Crippen LogP contribution in [0.15, 0.2) is 30.3 Å². The Morgan fingerprint density at radius 3 is 2.65 bits per heavy atom. The number of benzene rings is 1. The molecule has 0 unspecified atom stereocenters. The van der Waals surface area contributed by atoms with Crippen molar-refractivity contribution in [2.75, 3.05) is 33.5 Å². The van der Waals surface area contributed by atoms with Crippen molar-refractivity contribution in [1.82, 2.24) is 5.32 Å². The molecule has 1 amide bonds. The highest BCUT2D eigenvalue weighted by atomic mass is 16.6. The van der Waals surface area contributed by atoms with Gasteiger partial charge in [0, 0.05) is 13.7 Å². The molecule has 0 aliphatic rings. The molecule has 0 saturated heterocycles. The zero-order valence-corrected chi connectivity index (χ0v) is 9.85. The third kappa shape index (κ3) is 6.55. The standard InChI is InChI=1S/C12H17NO4/c1-15-9-10-16-8-7-13-12(14)17-11-5-3-2-4-6-11/h2-6H,7-10H2,1H3,(H,13,14). The van der Waals surface area contributed by atoms with Gasteiger partial charge in [0.25, 0.3) is 0 Å². The lowest BCUT2D eigenvalue weighted by Gasteiger charge is -2.06. The van der Waals surface area contributed by atoms with Crippen LogP contribution in [0.3, 0.4) is 0 Å². The van der Waals surface area contributed by atoms with Crippen molar-refractivity contribution in [3.8, 4) is 5.75 Å². The lowest BCUT2D eigenvalue weighted by Crippen LogP contribution is -2.30. The van der Waals surface area contributed by atoms with Gasteiger partial charge in [0.05, 0.1) is 19.8 Å². The van der Waals surface area contributed by atoms with Crippen molar-refractivity contribution in [3.63, 3.8) is 0 Å². The summed E-state index contributed by atoms with van der Waals surface area (Å²) >= 11 is 0. The summed E-state index contributed by atoms with van der Waals surface area (Å²) in [4.78, 5) is 11.3. The lowest BCUT2D eigenvalue weighted by molar-refractivity contribution is 0.0719. The van der Waals surface area contributed by atoms with E-state index < -0.39 is 6.09 Å². The second-order valence-electron chi connectivity index (χ2n) is 3.23. The van der Waals surface area contributed by atoms with Gasteiger partial charge in [0.2, 0.25) is 0 Å². The third-order valence-corrected chi connectivity index (χ3v) is 1.90. The number of nitrogens with one attached hydrogen (secondary N) is 1. The SMILES string of the molecule is COCCOCCNC(=O)Oc1ccccc1. The molecule has 0 fully saturated rings. The molecule has 5 heteroatoms. The highest BCUT2D eigenvalue weighted by Gasteiger charge is 2.01. The minimum absolute atomic E-state index is 0.412. The molecule has 0 heterocycles. The molecule has 0 aliphatic carbocycles. The molecule has 1 aromatic rings. The van der Waals surface area contributed by atoms with Gasteiger partial charge in [-0.05, 0) is 12.1 Å². The molecule has 0 saturated carbocycles. The molecule has 0 atom stereocenters. The minimum atomic E-state index is -0.480. The van der Waals surface area contributed by atoms with Crippen LogP contribution < -0.4 is 10.1 Å². The average molecular weight is 239 g/mol. The number of carbonyl (C=O) groups excluding carboxylic acids is 1. The molecule has 0 spiro atoms. The highest BCUT2D eigenvalue weighted by Crippen LogP contribution is 2.07. The van der Waals surface area contributed by atoms with Gasteiger partial charge in [0.15, 0.2) is 0 Å². The predicted molar refractivity (Wildman–Crippen MR) is 63.2 cm³/mol. The normalized spacial score (nSPS) is 9.94. The summed E-state index contributed by atoms with van der Waals surface area (Å²) in [5.74, 6) is 0.519. The van der Waals surface area contributed by atoms with E-state index in [-0.39, 0.29) is 0 Å². The first-order chi connectivity index (χ1) is 8.33. The fraction of sp³-hybridized carbons (Fsp3) is 0.417. The summed E-state index contributed by atoms with van der Waals surface area (Å²) in [7, 11) is 1.61. The maximum atomic E-state index is 11.3. The Balaban J connectivity index is 2.06. The van der Waals surface area contributed by atoms with Crippen LogP contribution in [0.2, 0.25) is 0 Å². The molecular weight excluding hydrogens is 222 g/mol. The molecule has 5 nitrogen and oxygen atoms in total. The zero-order valence-electron chi connectivity index (χ0n) is 9.85. The molecular formula is C12H17NO4. The molecule has 0 radical (unpaired) electrons. The largest absolute Gasteiger partial charge is 0.412 e. The lowest BCUT2D eigenvalue weighted by atomic mass is 10.3. The Bertz CT molecular complexity index is 316. The monoisotopic (exact) mass is 239 g/mol. The van der Waals surface area contributed by atoms with Crippen molar-refractivity contribution in [3.05, 3.63) is 30.3 Å². The number of carbonyl (C=O) groups is 1. The van der Waals surface area contributed by atoms with Crippen LogP contribution >= 0.6 is 0 Å². The Labute approximate surface area is 101 Å². The van der Waals surface area contributed by atoms with Gasteiger partial charge in [-0.15, -0.1) is 0 Å². The van der Waals surface area contributed by atoms with Crippen LogP contribution in [-0.4, -0.2) is 39.6 Å². The first-order valence-corrected chi connectivity index (χ1v) is 5.40. The second-order valence-corrected chi connectivity index (χ2v) is 3.23. The summed E-state index contributed by atoms with van der Waals surface area (Å²) < 4.78 is 15.0. The highest BCUT2D eigenvalue weighted by molar-refractivity contribution is 5.70. The smallest absolute Gasteiger partial charge is 0.410 e. The number of ether oxygens (including phenoxy) is 3. The van der Waals surface area contributed by atoms with E-state index in [1.807, 2.05) is 6.07 Å². The average Bonchev–Trinajstić information content (AvgIpc) is 2.35. The quantitative estimate of drug-likeness (QED) is 0.731. The van der Waals surface area contributed by atoms with E-state index in [1.165, 1.54) is 0 Å². The van der Waals surface area contributed by atoms with Gasteiger partial charge < -0.3 is 19.5 Å². The summed E-state index contributed by atoms with van der Waals surface area (Å²) in [5, 5.41) is 2.58. The van der Waals surface area contributed by atoms with Crippen LogP contribution in [0.4, 0.5) is 4.79 Å². The second kappa shape index (κ2) is 8.55. The van der Waals surface area contributed by atoms with E-state index >= 15 is 0 Å². The van der Waals surface area contributed by atoms with Crippen LogP contribution in [-0.2, 0) is 9.47 Å². The Hall–Kier alpha value is -1.59. The number of para-hydroxylation sites is 1. The number of hydrogen-bond donors (Lipinski definition) is 1. The first kappa shape index (κ1) is 13.5. The molecule has 0 bridgehead atoms. The summed E-state index contributed by atoms with van der Waals surface area (Å²) in [6, 6.07) is 8.89. The number of rotatable bonds is 7. The molecule has 0 aromatic heterocycles. The van der Waals surface area contributed by atoms with Crippen LogP contribution in [0, 0.1) is 0 Å². The van der Waals surface area contributed by atoms with Crippen molar-refractivity contribution >= 4 is 6.09 Å². The number of methoxy groups -OCH3 is 1. The maximum absolute atomic E-state index is 11.3. The van der Waals surface area contributed by atoms with Crippen LogP contribution in [0.25, 0.3) is 0 Å². The summed E-state index contributed by atoms with van der Waals surface area (Å²) in [6.07, 6.45) is -0.480. The van der Waals surface area contributed by atoms with E-state index in [2.05, 4.69) is 5.32 Å². The fourth-order valence-corrected chi connectivity index (χ4v) is 1.10. The minimum Gasteiger partial charge on any atom is -0.410 e. The van der Waals surface area contributed by atoms with E-state index in [9.17, 15) is 4.79 Å². The fourth-order valence-electron chi connectivity index (χ4n) is 1.10. The van der Waals surface area contributed by atoms with Gasteiger partial charge in [-0.25, -0.2) is 4.79 Å². The van der Waals surface area contributed by atoms with Gasteiger partial charge >= 0.3 is 6.09 Å². The van der Waals surface area contributed by atoms with Crippen LogP contribution in [0.1, 0.15) is 0 Å². The van der Waals surface area contributed by atoms with E-state index in [1.54, 1.807) is 31.4 Å². The third-order valence-electron chi connectivity index (χ3n) is 1.90. The van der Waals surface area contributed by atoms with Crippen molar-refractivity contribution < 1.29 is 19.0 Å². The van der Waals surface area contributed by atoms with E-state index in [4.69, 9.17) is 14.2 Å².